The molecule has 29 heavy (non-hydrogen) atoms. The number of rotatable bonds is 5. The minimum atomic E-state index is -1.27. The molecule has 0 unspecified atom stereocenters. The van der Waals surface area contributed by atoms with E-state index in [9.17, 15) is 14.4 Å². The first kappa shape index (κ1) is 20.0. The van der Waals surface area contributed by atoms with E-state index in [2.05, 4.69) is 16.6 Å². The largest absolute Gasteiger partial charge is 0.472 e. The standard InChI is InChI=1S/C22H20N2O5/c1-14(21(27)23-12-6-11-20(25)26)24-22(28)29-13-19-17-9-4-2-7-15(17)16-8-3-5-10-18(16)19/h2-5,7-10,14,19H,12-13H2,1H3,(H,23,27)(H,24,28)(H,25,26)/t14-/m0/s1. The summed E-state index contributed by atoms with van der Waals surface area (Å²) >= 11 is 0. The molecule has 0 aliphatic heterocycles. The number of ether oxygens (including phenoxy) is 1. The van der Waals surface area contributed by atoms with Gasteiger partial charge < -0.3 is 20.5 Å². The zero-order chi connectivity index (χ0) is 20.8. The number of hydrogen-bond donors (Lipinski definition) is 3. The molecule has 1 aliphatic carbocycles. The lowest BCUT2D eigenvalue weighted by molar-refractivity contribution is -0.130. The molecule has 7 nitrogen and oxygen atoms in total. The van der Waals surface area contributed by atoms with Gasteiger partial charge in [0.25, 0.3) is 0 Å². The van der Waals surface area contributed by atoms with E-state index in [-0.39, 0.29) is 19.1 Å². The molecule has 0 fully saturated rings. The Morgan fingerprint density at radius 2 is 1.66 bits per heavy atom. The van der Waals surface area contributed by atoms with Crippen molar-refractivity contribution in [2.45, 2.75) is 18.9 Å². The predicted octanol–water partition coefficient (Wildman–Crippen LogP) is 2.12. The number of benzene rings is 2. The molecule has 0 heterocycles. The smallest absolute Gasteiger partial charge is 0.407 e. The Bertz CT molecular complexity index is 960. The SMILES string of the molecule is C[C@H](NC(=O)OCC1c2ccccc2-c2ccccc21)C(=O)NCC#CC(=O)O. The van der Waals surface area contributed by atoms with E-state index in [0.717, 1.165) is 22.3 Å². The molecule has 3 N–H and O–H groups in total. The molecule has 1 aliphatic rings. The molecule has 0 spiro atoms. The van der Waals surface area contributed by atoms with Crippen molar-refractivity contribution < 1.29 is 24.2 Å². The lowest BCUT2D eigenvalue weighted by atomic mass is 9.98. The highest BCUT2D eigenvalue weighted by Crippen LogP contribution is 2.44. The number of carbonyl (C=O) groups excluding carboxylic acids is 2. The molecular weight excluding hydrogens is 372 g/mol. The molecule has 7 heteroatoms. The number of hydrogen-bond acceptors (Lipinski definition) is 4. The number of aliphatic carboxylic acids is 1. The maximum Gasteiger partial charge on any atom is 0.407 e. The van der Waals surface area contributed by atoms with Crippen LogP contribution in [-0.4, -0.2) is 42.3 Å². The molecule has 0 saturated carbocycles. The summed E-state index contributed by atoms with van der Waals surface area (Å²) in [6.45, 7) is 1.53. The third kappa shape index (κ3) is 4.74. The molecule has 148 valence electrons. The van der Waals surface area contributed by atoms with E-state index in [1.165, 1.54) is 6.92 Å². The average molecular weight is 392 g/mol. The van der Waals surface area contributed by atoms with Crippen molar-refractivity contribution in [1.82, 2.24) is 10.6 Å². The summed E-state index contributed by atoms with van der Waals surface area (Å²) in [6.07, 6.45) is -0.703. The Morgan fingerprint density at radius 3 is 2.24 bits per heavy atom. The summed E-state index contributed by atoms with van der Waals surface area (Å²) in [6, 6.07) is 15.2. The summed E-state index contributed by atoms with van der Waals surface area (Å²) in [4.78, 5) is 34.4. The first-order valence-corrected chi connectivity index (χ1v) is 9.08. The van der Waals surface area contributed by atoms with E-state index in [1.807, 2.05) is 54.5 Å². The Hall–Kier alpha value is -3.79. The summed E-state index contributed by atoms with van der Waals surface area (Å²) in [5, 5.41) is 13.3. The van der Waals surface area contributed by atoms with Crippen molar-refractivity contribution in [1.29, 1.82) is 0 Å². The number of carbonyl (C=O) groups is 3. The van der Waals surface area contributed by atoms with Crippen LogP contribution >= 0.6 is 0 Å². The van der Waals surface area contributed by atoms with E-state index in [0.29, 0.717) is 0 Å². The number of fused-ring (bicyclic) bond motifs is 3. The van der Waals surface area contributed by atoms with Gasteiger partial charge in [0.05, 0.1) is 6.54 Å². The van der Waals surface area contributed by atoms with Gasteiger partial charge in [0.1, 0.15) is 12.6 Å². The third-order valence-corrected chi connectivity index (χ3v) is 4.62. The number of amides is 2. The second-order valence-corrected chi connectivity index (χ2v) is 6.52. The Labute approximate surface area is 168 Å². The molecule has 2 amide bonds. The van der Waals surface area contributed by atoms with Crippen LogP contribution in [0.15, 0.2) is 48.5 Å². The molecule has 1 atom stereocenters. The molecule has 0 saturated heterocycles. The maximum atomic E-state index is 12.1. The molecule has 0 radical (unpaired) electrons. The minimum absolute atomic E-state index is 0.0661. The van der Waals surface area contributed by atoms with Crippen molar-refractivity contribution in [2.75, 3.05) is 13.2 Å². The minimum Gasteiger partial charge on any atom is -0.472 e. The van der Waals surface area contributed by atoms with Crippen LogP contribution in [0.3, 0.4) is 0 Å². The fourth-order valence-corrected chi connectivity index (χ4v) is 3.29. The van der Waals surface area contributed by atoms with Crippen LogP contribution in [0, 0.1) is 11.8 Å². The zero-order valence-electron chi connectivity index (χ0n) is 15.8. The third-order valence-electron chi connectivity index (χ3n) is 4.62. The Morgan fingerprint density at radius 1 is 1.07 bits per heavy atom. The van der Waals surface area contributed by atoms with Crippen molar-refractivity contribution in [3.8, 4) is 23.0 Å². The summed E-state index contributed by atoms with van der Waals surface area (Å²) in [7, 11) is 0. The molecular formula is C22H20N2O5. The lowest BCUT2D eigenvalue weighted by Gasteiger charge is -2.16. The quantitative estimate of drug-likeness (QED) is 0.676. The van der Waals surface area contributed by atoms with Gasteiger partial charge in [-0.15, -0.1) is 0 Å². The lowest BCUT2D eigenvalue weighted by Crippen LogP contribution is -2.45. The summed E-state index contributed by atoms with van der Waals surface area (Å²) in [5.41, 5.74) is 4.47. The number of alkyl carbamates (subject to hydrolysis) is 1. The van der Waals surface area contributed by atoms with Gasteiger partial charge in [-0.2, -0.15) is 0 Å². The molecule has 2 aromatic rings. The van der Waals surface area contributed by atoms with Crippen molar-refractivity contribution in [3.63, 3.8) is 0 Å². The van der Waals surface area contributed by atoms with Crippen molar-refractivity contribution >= 4 is 18.0 Å². The Balaban J connectivity index is 1.55. The second kappa shape index (κ2) is 8.93. The van der Waals surface area contributed by atoms with Crippen molar-refractivity contribution in [3.05, 3.63) is 59.7 Å². The van der Waals surface area contributed by atoms with E-state index >= 15 is 0 Å². The van der Waals surface area contributed by atoms with Gasteiger partial charge in [0.15, 0.2) is 0 Å². The van der Waals surface area contributed by atoms with Crippen LogP contribution in [0.2, 0.25) is 0 Å². The average Bonchev–Trinajstić information content (AvgIpc) is 3.03. The monoisotopic (exact) mass is 392 g/mol. The van der Waals surface area contributed by atoms with Gasteiger partial charge in [0.2, 0.25) is 5.91 Å². The predicted molar refractivity (Wildman–Crippen MR) is 106 cm³/mol. The fraction of sp³-hybridized carbons (Fsp3) is 0.227. The van der Waals surface area contributed by atoms with E-state index in [1.54, 1.807) is 0 Å². The van der Waals surface area contributed by atoms with Crippen LogP contribution in [0.4, 0.5) is 4.79 Å². The normalized spacial score (nSPS) is 12.6. The van der Waals surface area contributed by atoms with Crippen LogP contribution in [0.25, 0.3) is 11.1 Å². The second-order valence-electron chi connectivity index (χ2n) is 6.52. The topological polar surface area (TPSA) is 105 Å². The number of nitrogens with one attached hydrogen (secondary N) is 2. The van der Waals surface area contributed by atoms with Gasteiger partial charge in [-0.3, -0.25) is 4.79 Å². The summed E-state index contributed by atoms with van der Waals surface area (Å²) < 4.78 is 5.38. The number of carboxylic acid groups (broad SMARTS) is 1. The number of carboxylic acids is 1. The van der Waals surface area contributed by atoms with Crippen LogP contribution in [0.5, 0.6) is 0 Å². The van der Waals surface area contributed by atoms with Crippen LogP contribution in [0.1, 0.15) is 24.0 Å². The summed E-state index contributed by atoms with van der Waals surface area (Å²) in [5.74, 6) is 2.34. The highest BCUT2D eigenvalue weighted by molar-refractivity contribution is 5.87. The van der Waals surface area contributed by atoms with Crippen LogP contribution in [-0.2, 0) is 14.3 Å². The zero-order valence-corrected chi connectivity index (χ0v) is 15.8. The highest BCUT2D eigenvalue weighted by atomic mass is 16.5. The highest BCUT2D eigenvalue weighted by Gasteiger charge is 2.29. The van der Waals surface area contributed by atoms with Crippen LogP contribution < -0.4 is 10.6 Å². The van der Waals surface area contributed by atoms with Gasteiger partial charge in [0, 0.05) is 11.8 Å². The van der Waals surface area contributed by atoms with E-state index < -0.39 is 24.0 Å². The van der Waals surface area contributed by atoms with Gasteiger partial charge >= 0.3 is 12.1 Å². The van der Waals surface area contributed by atoms with Gasteiger partial charge in [-0.1, -0.05) is 54.5 Å². The Kier molecular flexibility index (Phi) is 6.15. The molecule has 0 bridgehead atoms. The van der Waals surface area contributed by atoms with Gasteiger partial charge in [-0.25, -0.2) is 9.59 Å². The first-order chi connectivity index (χ1) is 14.0. The maximum absolute atomic E-state index is 12.1. The molecule has 0 aromatic heterocycles. The molecule has 2 aromatic carbocycles. The van der Waals surface area contributed by atoms with Gasteiger partial charge in [-0.05, 0) is 29.2 Å². The molecule has 3 rings (SSSR count). The fourth-order valence-electron chi connectivity index (χ4n) is 3.29. The van der Waals surface area contributed by atoms with E-state index in [4.69, 9.17) is 9.84 Å². The first-order valence-electron chi connectivity index (χ1n) is 9.08. The van der Waals surface area contributed by atoms with Crippen molar-refractivity contribution in [2.24, 2.45) is 0 Å².